The van der Waals surface area contributed by atoms with Gasteiger partial charge in [0.1, 0.15) is 5.69 Å². The number of fused-ring (bicyclic) bond motifs is 1. The second kappa shape index (κ2) is 6.94. The molecule has 30 heavy (non-hydrogen) atoms. The van der Waals surface area contributed by atoms with E-state index in [-0.39, 0.29) is 35.8 Å². The van der Waals surface area contributed by atoms with Gasteiger partial charge in [0.2, 0.25) is 5.76 Å². The van der Waals surface area contributed by atoms with E-state index in [1.165, 1.54) is 29.2 Å². The van der Waals surface area contributed by atoms with Gasteiger partial charge in [0.15, 0.2) is 12.4 Å². The van der Waals surface area contributed by atoms with Crippen LogP contribution in [0.2, 0.25) is 0 Å². The largest absolute Gasteiger partial charge is 0.471 e. The molecular weight excluding hydrogens is 429 g/mol. The number of anilines is 1. The molecule has 3 aromatic heterocycles. The van der Waals surface area contributed by atoms with Gasteiger partial charge >= 0.3 is 13.9 Å². The van der Waals surface area contributed by atoms with Gasteiger partial charge in [-0.15, -0.1) is 0 Å². The van der Waals surface area contributed by atoms with Crippen molar-refractivity contribution in [3.63, 3.8) is 0 Å². The standard InChI is InChI=1S/C15H19F2N6O6P/c1-14(2)7-15(16,17)22(8-14)11-5-10(19-23-4-3-18-13(11)23)12-6-21(29-20-28-12)9-27-30(24,25)26/h3-6,20H,7-9H2,1-2H3,(H2,24,25,26). The van der Waals surface area contributed by atoms with Gasteiger partial charge in [0.25, 0.3) is 0 Å². The van der Waals surface area contributed by atoms with Crippen molar-refractivity contribution in [3.05, 3.63) is 24.7 Å². The Morgan fingerprint density at radius 1 is 1.40 bits per heavy atom. The van der Waals surface area contributed by atoms with Gasteiger partial charge in [-0.2, -0.15) is 18.6 Å². The summed E-state index contributed by atoms with van der Waals surface area (Å²) >= 11 is 0. The molecule has 1 saturated heterocycles. The van der Waals surface area contributed by atoms with Gasteiger partial charge in [0, 0.05) is 25.4 Å². The number of phosphoric acid groups is 1. The number of halogens is 2. The Bertz CT molecular complexity index is 1150. The van der Waals surface area contributed by atoms with E-state index >= 15 is 0 Å². The van der Waals surface area contributed by atoms with Crippen molar-refractivity contribution < 1.29 is 36.8 Å². The third kappa shape index (κ3) is 4.12. The number of nitrogens with one attached hydrogen (secondary N) is 1. The molecule has 15 heteroatoms. The van der Waals surface area contributed by atoms with Crippen molar-refractivity contribution in [2.24, 2.45) is 5.41 Å². The van der Waals surface area contributed by atoms with E-state index in [1.807, 2.05) is 0 Å². The number of alkyl halides is 2. The molecule has 3 aromatic rings. The van der Waals surface area contributed by atoms with Gasteiger partial charge in [-0.3, -0.25) is 9.15 Å². The van der Waals surface area contributed by atoms with E-state index in [2.05, 4.69) is 19.9 Å². The smallest absolute Gasteiger partial charge is 0.346 e. The Kier molecular flexibility index (Phi) is 4.77. The molecule has 0 aromatic carbocycles. The molecule has 0 unspecified atom stereocenters. The van der Waals surface area contributed by atoms with Crippen LogP contribution in [0.15, 0.2) is 33.8 Å². The summed E-state index contributed by atoms with van der Waals surface area (Å²) in [5.74, 6) is 0.0363. The average Bonchev–Trinajstić information content (AvgIpc) is 3.19. The Balaban J connectivity index is 1.76. The molecule has 0 atom stereocenters. The number of aromatic nitrogens is 5. The van der Waals surface area contributed by atoms with E-state index in [9.17, 15) is 13.3 Å². The average molecular weight is 448 g/mol. The first-order chi connectivity index (χ1) is 13.9. The highest BCUT2D eigenvalue weighted by molar-refractivity contribution is 7.46. The molecule has 12 nitrogen and oxygen atoms in total. The molecular formula is C15H19F2N6O6P. The predicted molar refractivity (Wildman–Crippen MR) is 96.7 cm³/mol. The molecule has 1 fully saturated rings. The Labute approximate surface area is 167 Å². The van der Waals surface area contributed by atoms with Crippen LogP contribution in [-0.4, -0.2) is 47.0 Å². The minimum Gasteiger partial charge on any atom is -0.346 e. The number of rotatable bonds is 5. The molecule has 4 heterocycles. The first-order valence-corrected chi connectivity index (χ1v) is 10.2. The van der Waals surface area contributed by atoms with Crippen LogP contribution >= 0.6 is 7.82 Å². The van der Waals surface area contributed by atoms with E-state index < -0.39 is 26.0 Å². The summed E-state index contributed by atoms with van der Waals surface area (Å²) in [5, 5.41) is 6.37. The summed E-state index contributed by atoms with van der Waals surface area (Å²) in [6, 6.07) is -1.68. The minimum atomic E-state index is -4.74. The number of H-pyrrole nitrogens is 1. The van der Waals surface area contributed by atoms with E-state index in [1.54, 1.807) is 13.8 Å². The molecule has 0 aliphatic carbocycles. The zero-order chi connectivity index (χ0) is 21.7. The van der Waals surface area contributed by atoms with Crippen LogP contribution in [-0.2, 0) is 15.8 Å². The van der Waals surface area contributed by atoms with Gasteiger partial charge in [-0.05, 0) is 11.5 Å². The third-order valence-corrected chi connectivity index (χ3v) is 4.93. The summed E-state index contributed by atoms with van der Waals surface area (Å²) in [7, 11) is -4.74. The van der Waals surface area contributed by atoms with Crippen molar-refractivity contribution in [1.29, 1.82) is 0 Å². The summed E-state index contributed by atoms with van der Waals surface area (Å²) in [5.41, 5.74) is -0.0515. The predicted octanol–water partition coefficient (Wildman–Crippen LogP) is 2.73. The lowest BCUT2D eigenvalue weighted by atomic mass is 9.92. The highest BCUT2D eigenvalue weighted by atomic mass is 31.2. The van der Waals surface area contributed by atoms with Crippen molar-refractivity contribution >= 4 is 19.2 Å². The van der Waals surface area contributed by atoms with Crippen LogP contribution in [0.1, 0.15) is 20.3 Å². The number of hydrogen-bond donors (Lipinski definition) is 3. The van der Waals surface area contributed by atoms with Crippen molar-refractivity contribution in [3.8, 4) is 11.5 Å². The molecule has 0 bridgehead atoms. The maximum atomic E-state index is 14.8. The number of imidazole rings is 1. The number of phosphoric ester groups is 1. The number of nitrogens with zero attached hydrogens (tertiary/aromatic N) is 5. The van der Waals surface area contributed by atoms with Crippen LogP contribution in [0.25, 0.3) is 17.1 Å². The summed E-state index contributed by atoms with van der Waals surface area (Å²) in [6.45, 7) is 3.00. The van der Waals surface area contributed by atoms with Gasteiger partial charge in [0.05, 0.1) is 11.9 Å². The van der Waals surface area contributed by atoms with Gasteiger partial charge in [-0.1, -0.05) is 19.2 Å². The Morgan fingerprint density at radius 3 is 2.83 bits per heavy atom. The quantitative estimate of drug-likeness (QED) is 0.396. The highest BCUT2D eigenvalue weighted by Gasteiger charge is 2.51. The van der Waals surface area contributed by atoms with Crippen LogP contribution in [0.3, 0.4) is 0 Å². The molecule has 0 radical (unpaired) electrons. The number of aromatic amines is 1. The maximum Gasteiger partial charge on any atom is 0.471 e. The zero-order valence-electron chi connectivity index (χ0n) is 15.9. The molecule has 164 valence electrons. The third-order valence-electron chi connectivity index (χ3n) is 4.48. The molecule has 0 saturated carbocycles. The summed E-state index contributed by atoms with van der Waals surface area (Å²) < 4.78 is 57.0. The fourth-order valence-corrected chi connectivity index (χ4v) is 3.62. The lowest BCUT2D eigenvalue weighted by Gasteiger charge is -2.26. The molecule has 3 N–H and O–H groups in total. The molecule has 1 aliphatic rings. The van der Waals surface area contributed by atoms with E-state index in [0.29, 0.717) is 0 Å². The summed E-state index contributed by atoms with van der Waals surface area (Å²) in [6.07, 6.45) is 3.83. The van der Waals surface area contributed by atoms with E-state index in [0.717, 1.165) is 9.64 Å². The minimum absolute atomic E-state index is 0.0363. The monoisotopic (exact) mass is 448 g/mol. The Morgan fingerprint density at radius 2 is 2.17 bits per heavy atom. The second-order valence-electron chi connectivity index (χ2n) is 7.64. The van der Waals surface area contributed by atoms with Crippen LogP contribution in [0, 0.1) is 5.41 Å². The summed E-state index contributed by atoms with van der Waals surface area (Å²) in [4.78, 5) is 22.8. The van der Waals surface area contributed by atoms with Gasteiger partial charge in [-0.25, -0.2) is 14.1 Å². The first-order valence-electron chi connectivity index (χ1n) is 8.71. The van der Waals surface area contributed by atoms with Crippen molar-refractivity contribution in [2.45, 2.75) is 33.0 Å². The zero-order valence-corrected chi connectivity index (χ0v) is 16.8. The lowest BCUT2D eigenvalue weighted by molar-refractivity contribution is 0.00203. The fourth-order valence-electron chi connectivity index (χ4n) is 3.36. The van der Waals surface area contributed by atoms with Crippen LogP contribution in [0.5, 0.6) is 0 Å². The fraction of sp³-hybridized carbons (Fsp3) is 0.467. The SMILES string of the molecule is CC1(C)CN(c2cc(-c3cn(COP(=O)(O)O)o[nH]o3)nn3ccnc23)C(F)(F)C1. The van der Waals surface area contributed by atoms with E-state index in [4.69, 9.17) is 18.9 Å². The van der Waals surface area contributed by atoms with Crippen molar-refractivity contribution in [1.82, 2.24) is 24.7 Å². The van der Waals surface area contributed by atoms with Gasteiger partial charge < -0.3 is 19.2 Å². The normalized spacial score (nSPS) is 18.3. The van der Waals surface area contributed by atoms with Crippen molar-refractivity contribution in [2.75, 3.05) is 11.4 Å². The second-order valence-corrected chi connectivity index (χ2v) is 8.88. The molecule has 0 amide bonds. The lowest BCUT2D eigenvalue weighted by Crippen LogP contribution is -2.36. The Hall–Kier alpha value is -2.67. The van der Waals surface area contributed by atoms with Crippen LogP contribution < -0.4 is 4.90 Å². The molecule has 4 rings (SSSR count). The number of hydrogen-bond acceptors (Lipinski definition) is 7. The highest BCUT2D eigenvalue weighted by Crippen LogP contribution is 2.46. The molecule has 0 spiro atoms. The molecule has 1 aliphatic heterocycles. The first kappa shape index (κ1) is 20.6. The maximum absolute atomic E-state index is 14.8. The van der Waals surface area contributed by atoms with Crippen LogP contribution in [0.4, 0.5) is 14.5 Å². The topological polar surface area (TPSA) is 147 Å².